The Kier molecular flexibility index (Phi) is 3.47. The molecule has 0 bridgehead atoms. The molecule has 20 heavy (non-hydrogen) atoms. The van der Waals surface area contributed by atoms with Crippen LogP contribution in [0.15, 0.2) is 29.6 Å². The Morgan fingerprint density at radius 1 is 1.40 bits per heavy atom. The van der Waals surface area contributed by atoms with E-state index in [2.05, 4.69) is 22.4 Å². The van der Waals surface area contributed by atoms with Gasteiger partial charge in [-0.3, -0.25) is 0 Å². The van der Waals surface area contributed by atoms with E-state index in [9.17, 15) is 5.11 Å². The lowest BCUT2D eigenvalue weighted by atomic mass is 10.0. The van der Waals surface area contributed by atoms with Crippen molar-refractivity contribution in [3.8, 4) is 6.07 Å². The van der Waals surface area contributed by atoms with Gasteiger partial charge in [-0.25, -0.2) is 0 Å². The van der Waals surface area contributed by atoms with Crippen molar-refractivity contribution < 1.29 is 5.11 Å². The van der Waals surface area contributed by atoms with E-state index in [1.165, 1.54) is 10.4 Å². The van der Waals surface area contributed by atoms with Gasteiger partial charge in [0.15, 0.2) is 0 Å². The van der Waals surface area contributed by atoms with Crippen molar-refractivity contribution in [3.05, 3.63) is 51.2 Å². The number of nitriles is 1. The average Bonchev–Trinajstić information content (AvgIpc) is 2.93. The van der Waals surface area contributed by atoms with Crippen LogP contribution in [0.25, 0.3) is 0 Å². The van der Waals surface area contributed by atoms with E-state index in [1.807, 2.05) is 23.5 Å². The minimum atomic E-state index is -0.526. The summed E-state index contributed by atoms with van der Waals surface area (Å²) < 4.78 is 0. The molecule has 1 aliphatic heterocycles. The molecule has 0 unspecified atom stereocenters. The smallest absolute Gasteiger partial charge is 0.0992 e. The first-order chi connectivity index (χ1) is 9.69. The lowest BCUT2D eigenvalue weighted by Crippen LogP contribution is -2.30. The summed E-state index contributed by atoms with van der Waals surface area (Å²) in [6.07, 6.45) is 0.505. The Bertz CT molecular complexity index is 669. The molecule has 0 radical (unpaired) electrons. The Labute approximate surface area is 122 Å². The quantitative estimate of drug-likeness (QED) is 0.921. The number of aliphatic hydroxyl groups is 1. The van der Waals surface area contributed by atoms with Gasteiger partial charge >= 0.3 is 0 Å². The maximum Gasteiger partial charge on any atom is 0.0992 e. The van der Waals surface area contributed by atoms with Gasteiger partial charge in [0.25, 0.3) is 0 Å². The van der Waals surface area contributed by atoms with Crippen molar-refractivity contribution in [3.63, 3.8) is 0 Å². The van der Waals surface area contributed by atoms with Crippen LogP contribution >= 0.6 is 11.3 Å². The summed E-state index contributed by atoms with van der Waals surface area (Å²) in [6.45, 7) is 3.56. The Hall–Kier alpha value is -1.83. The van der Waals surface area contributed by atoms with E-state index in [1.54, 1.807) is 13.0 Å². The molecule has 4 heteroatoms. The summed E-state index contributed by atoms with van der Waals surface area (Å²) in [5.41, 5.74) is 3.87. The minimum Gasteiger partial charge on any atom is -0.389 e. The van der Waals surface area contributed by atoms with E-state index in [0.29, 0.717) is 5.56 Å². The molecule has 0 amide bonds. The molecule has 0 saturated carbocycles. The highest BCUT2D eigenvalue weighted by Gasteiger charge is 2.21. The standard InChI is InChI=1S/C16H16N2OS/c1-11(19)14-3-2-12(9-17)8-15(14)18-6-4-16-13(10-18)5-7-20-16/h2-3,5,7-8,11,19H,4,6,10H2,1H3/t11-/m1/s1. The van der Waals surface area contributed by atoms with E-state index < -0.39 is 6.10 Å². The lowest BCUT2D eigenvalue weighted by Gasteiger charge is -2.31. The van der Waals surface area contributed by atoms with Crippen molar-refractivity contribution in [1.29, 1.82) is 5.26 Å². The number of fused-ring (bicyclic) bond motifs is 1. The summed E-state index contributed by atoms with van der Waals surface area (Å²) in [4.78, 5) is 3.72. The first-order valence-corrected chi connectivity index (χ1v) is 7.59. The van der Waals surface area contributed by atoms with Crippen molar-refractivity contribution in [2.24, 2.45) is 0 Å². The number of rotatable bonds is 2. The average molecular weight is 284 g/mol. The largest absolute Gasteiger partial charge is 0.389 e. The van der Waals surface area contributed by atoms with Crippen LogP contribution in [0, 0.1) is 11.3 Å². The monoisotopic (exact) mass is 284 g/mol. The van der Waals surface area contributed by atoms with Gasteiger partial charge in [0.1, 0.15) is 0 Å². The molecule has 1 aromatic heterocycles. The van der Waals surface area contributed by atoms with Gasteiger partial charge in [-0.05, 0) is 42.5 Å². The van der Waals surface area contributed by atoms with Crippen LogP contribution in [0.1, 0.15) is 34.6 Å². The molecule has 2 heterocycles. The van der Waals surface area contributed by atoms with Gasteiger partial charge in [0, 0.05) is 29.2 Å². The molecule has 1 N–H and O–H groups in total. The maximum atomic E-state index is 9.95. The number of aliphatic hydroxyl groups excluding tert-OH is 1. The first-order valence-electron chi connectivity index (χ1n) is 6.71. The fourth-order valence-electron chi connectivity index (χ4n) is 2.69. The van der Waals surface area contributed by atoms with Crippen molar-refractivity contribution in [2.45, 2.75) is 26.0 Å². The molecular weight excluding hydrogens is 268 g/mol. The van der Waals surface area contributed by atoms with Gasteiger partial charge < -0.3 is 10.0 Å². The normalized spacial score (nSPS) is 15.6. The predicted molar refractivity (Wildman–Crippen MR) is 80.9 cm³/mol. The fourth-order valence-corrected chi connectivity index (χ4v) is 3.58. The number of hydrogen-bond donors (Lipinski definition) is 1. The fraction of sp³-hybridized carbons (Fsp3) is 0.312. The second kappa shape index (κ2) is 5.28. The Morgan fingerprint density at radius 3 is 3.00 bits per heavy atom. The predicted octanol–water partition coefficient (Wildman–Crippen LogP) is 3.24. The molecule has 1 atom stereocenters. The van der Waals surface area contributed by atoms with E-state index in [4.69, 9.17) is 5.26 Å². The van der Waals surface area contributed by atoms with E-state index in [0.717, 1.165) is 30.8 Å². The highest BCUT2D eigenvalue weighted by molar-refractivity contribution is 7.10. The van der Waals surface area contributed by atoms with Crippen molar-refractivity contribution in [2.75, 3.05) is 11.4 Å². The zero-order valence-electron chi connectivity index (χ0n) is 11.3. The van der Waals surface area contributed by atoms with Gasteiger partial charge in [-0.2, -0.15) is 5.26 Å². The number of hydrogen-bond acceptors (Lipinski definition) is 4. The summed E-state index contributed by atoms with van der Waals surface area (Å²) in [5.74, 6) is 0. The third-order valence-electron chi connectivity index (χ3n) is 3.76. The molecule has 3 rings (SSSR count). The Morgan fingerprint density at radius 2 is 2.25 bits per heavy atom. The van der Waals surface area contributed by atoms with Gasteiger partial charge in [0.2, 0.25) is 0 Å². The molecule has 0 saturated heterocycles. The zero-order valence-corrected chi connectivity index (χ0v) is 12.2. The summed E-state index contributed by atoms with van der Waals surface area (Å²) in [6, 6.07) is 9.87. The molecule has 0 spiro atoms. The van der Waals surface area contributed by atoms with Crippen LogP contribution in [-0.2, 0) is 13.0 Å². The third-order valence-corrected chi connectivity index (χ3v) is 4.78. The van der Waals surface area contributed by atoms with Crippen LogP contribution in [0.4, 0.5) is 5.69 Å². The van der Waals surface area contributed by atoms with Crippen LogP contribution in [0.2, 0.25) is 0 Å². The Balaban J connectivity index is 1.99. The van der Waals surface area contributed by atoms with E-state index >= 15 is 0 Å². The van der Waals surface area contributed by atoms with E-state index in [-0.39, 0.29) is 0 Å². The summed E-state index contributed by atoms with van der Waals surface area (Å²) in [5, 5.41) is 21.2. The topological polar surface area (TPSA) is 47.3 Å². The third kappa shape index (κ3) is 2.31. The number of benzene rings is 1. The molecular formula is C16H16N2OS. The lowest BCUT2D eigenvalue weighted by molar-refractivity contribution is 0.199. The van der Waals surface area contributed by atoms with Gasteiger partial charge in [-0.1, -0.05) is 6.07 Å². The number of anilines is 1. The number of thiophene rings is 1. The molecule has 2 aromatic rings. The zero-order chi connectivity index (χ0) is 14.1. The molecule has 3 nitrogen and oxygen atoms in total. The maximum absolute atomic E-state index is 9.95. The van der Waals surface area contributed by atoms with Crippen LogP contribution in [0.5, 0.6) is 0 Å². The van der Waals surface area contributed by atoms with Crippen LogP contribution < -0.4 is 4.90 Å². The second-order valence-electron chi connectivity index (χ2n) is 5.10. The molecule has 0 fully saturated rings. The van der Waals surface area contributed by atoms with Crippen LogP contribution in [0.3, 0.4) is 0 Å². The highest BCUT2D eigenvalue weighted by atomic mass is 32.1. The second-order valence-corrected chi connectivity index (χ2v) is 6.10. The van der Waals surface area contributed by atoms with Gasteiger partial charge in [-0.15, -0.1) is 11.3 Å². The summed E-state index contributed by atoms with van der Waals surface area (Å²) in [7, 11) is 0. The van der Waals surface area contributed by atoms with Crippen molar-refractivity contribution in [1.82, 2.24) is 0 Å². The molecule has 102 valence electrons. The molecule has 1 aromatic carbocycles. The number of nitrogens with zero attached hydrogens (tertiary/aromatic N) is 2. The van der Waals surface area contributed by atoms with Gasteiger partial charge in [0.05, 0.1) is 17.7 Å². The SMILES string of the molecule is C[C@@H](O)c1ccc(C#N)cc1N1CCc2sccc2C1. The summed E-state index contributed by atoms with van der Waals surface area (Å²) >= 11 is 1.81. The molecule has 1 aliphatic rings. The van der Waals surface area contributed by atoms with Crippen molar-refractivity contribution >= 4 is 17.0 Å². The van der Waals surface area contributed by atoms with Crippen LogP contribution in [-0.4, -0.2) is 11.7 Å². The highest BCUT2D eigenvalue weighted by Crippen LogP contribution is 2.33. The first kappa shape index (κ1) is 13.2. The molecule has 0 aliphatic carbocycles. The minimum absolute atomic E-state index is 0.526.